The van der Waals surface area contributed by atoms with Crippen molar-refractivity contribution in [2.24, 2.45) is 5.92 Å². The Labute approximate surface area is 112 Å². The van der Waals surface area contributed by atoms with E-state index < -0.39 is 36.4 Å². The van der Waals surface area contributed by atoms with Gasteiger partial charge < -0.3 is 14.6 Å². The van der Waals surface area contributed by atoms with Gasteiger partial charge in [-0.25, -0.2) is 4.79 Å². The van der Waals surface area contributed by atoms with E-state index in [9.17, 15) is 14.4 Å². The summed E-state index contributed by atoms with van der Waals surface area (Å²) >= 11 is 0. The van der Waals surface area contributed by atoms with Crippen LogP contribution in [0.5, 0.6) is 0 Å². The van der Waals surface area contributed by atoms with Crippen LogP contribution >= 0.6 is 0 Å². The van der Waals surface area contributed by atoms with Crippen LogP contribution in [0, 0.1) is 5.92 Å². The molecule has 0 rings (SSSR count). The molecule has 1 N–H and O–H groups in total. The van der Waals surface area contributed by atoms with Crippen LogP contribution in [0.1, 0.15) is 34.1 Å². The standard InChI is InChI=1S/C13H20O6/c1-7(2)18-11(14)6-10(9(5)12(15)16)13(17)19-8(3)4/h7-8,10H,5-6H2,1-4H3,(H,15,16). The molecule has 0 saturated carbocycles. The van der Waals surface area contributed by atoms with Crippen molar-refractivity contribution in [1.82, 2.24) is 0 Å². The predicted molar refractivity (Wildman–Crippen MR) is 67.3 cm³/mol. The summed E-state index contributed by atoms with van der Waals surface area (Å²) in [6.07, 6.45) is -1.14. The molecule has 1 atom stereocenters. The highest BCUT2D eigenvalue weighted by Gasteiger charge is 2.31. The average Bonchev–Trinajstić information content (AvgIpc) is 2.22. The molecular weight excluding hydrogens is 252 g/mol. The lowest BCUT2D eigenvalue weighted by Gasteiger charge is -2.17. The molecule has 108 valence electrons. The third-order valence-corrected chi connectivity index (χ3v) is 2.07. The third-order valence-electron chi connectivity index (χ3n) is 2.07. The van der Waals surface area contributed by atoms with E-state index in [4.69, 9.17) is 14.6 Å². The number of hydrogen-bond donors (Lipinski definition) is 1. The first kappa shape index (κ1) is 17.2. The average molecular weight is 272 g/mol. The van der Waals surface area contributed by atoms with Crippen LogP contribution in [-0.4, -0.2) is 35.2 Å². The minimum Gasteiger partial charge on any atom is -0.478 e. The second kappa shape index (κ2) is 7.56. The highest BCUT2D eigenvalue weighted by Crippen LogP contribution is 2.18. The fraction of sp³-hybridized carbons (Fsp3) is 0.615. The van der Waals surface area contributed by atoms with E-state index >= 15 is 0 Å². The van der Waals surface area contributed by atoms with Gasteiger partial charge in [-0.3, -0.25) is 9.59 Å². The normalized spacial score (nSPS) is 12.1. The SMILES string of the molecule is C=C(C(=O)O)C(CC(=O)OC(C)C)C(=O)OC(C)C. The zero-order valence-corrected chi connectivity index (χ0v) is 11.6. The zero-order chi connectivity index (χ0) is 15.2. The lowest BCUT2D eigenvalue weighted by molar-refractivity contribution is -0.158. The highest BCUT2D eigenvalue weighted by atomic mass is 16.5. The number of carboxylic acids is 1. The minimum absolute atomic E-state index is 0.340. The monoisotopic (exact) mass is 272 g/mol. The highest BCUT2D eigenvalue weighted by molar-refractivity contribution is 5.95. The Kier molecular flexibility index (Phi) is 6.82. The van der Waals surface area contributed by atoms with Crippen molar-refractivity contribution in [2.45, 2.75) is 46.3 Å². The molecular formula is C13H20O6. The van der Waals surface area contributed by atoms with Crippen molar-refractivity contribution in [3.8, 4) is 0 Å². The van der Waals surface area contributed by atoms with E-state index in [-0.39, 0.29) is 11.7 Å². The molecule has 0 fully saturated rings. The predicted octanol–water partition coefficient (Wildman–Crippen LogP) is 1.54. The second-order valence-corrected chi connectivity index (χ2v) is 4.61. The van der Waals surface area contributed by atoms with Crippen molar-refractivity contribution in [3.05, 3.63) is 12.2 Å². The first-order valence-corrected chi connectivity index (χ1v) is 5.97. The fourth-order valence-electron chi connectivity index (χ4n) is 1.29. The molecule has 0 aliphatic carbocycles. The minimum atomic E-state index is -1.34. The Hall–Kier alpha value is -1.85. The van der Waals surface area contributed by atoms with E-state index in [0.717, 1.165) is 0 Å². The van der Waals surface area contributed by atoms with Gasteiger partial charge in [-0.2, -0.15) is 0 Å². The lowest BCUT2D eigenvalue weighted by atomic mass is 9.97. The molecule has 0 spiro atoms. The summed E-state index contributed by atoms with van der Waals surface area (Å²) in [5.41, 5.74) is -0.383. The van der Waals surface area contributed by atoms with Crippen molar-refractivity contribution in [2.75, 3.05) is 0 Å². The number of carbonyl (C=O) groups is 3. The van der Waals surface area contributed by atoms with Gasteiger partial charge in [-0.05, 0) is 27.7 Å². The summed E-state index contributed by atoms with van der Waals surface area (Å²) in [5, 5.41) is 8.87. The van der Waals surface area contributed by atoms with Gasteiger partial charge in [0.2, 0.25) is 0 Å². The summed E-state index contributed by atoms with van der Waals surface area (Å²) in [5.74, 6) is -4.03. The number of aliphatic carboxylic acids is 1. The smallest absolute Gasteiger partial charge is 0.331 e. The second-order valence-electron chi connectivity index (χ2n) is 4.61. The third kappa shape index (κ3) is 6.59. The number of esters is 2. The Morgan fingerprint density at radius 1 is 1.05 bits per heavy atom. The van der Waals surface area contributed by atoms with E-state index in [0.29, 0.717) is 0 Å². The molecule has 0 aromatic carbocycles. The Morgan fingerprint density at radius 3 is 1.89 bits per heavy atom. The Morgan fingerprint density at radius 2 is 1.53 bits per heavy atom. The number of rotatable bonds is 7. The summed E-state index contributed by atoms with van der Waals surface area (Å²) in [7, 11) is 0. The molecule has 1 unspecified atom stereocenters. The van der Waals surface area contributed by atoms with Gasteiger partial charge in [0.25, 0.3) is 0 Å². The number of carboxylic acid groups (broad SMARTS) is 1. The van der Waals surface area contributed by atoms with Crippen molar-refractivity contribution in [1.29, 1.82) is 0 Å². The Bertz CT molecular complexity index is 369. The van der Waals surface area contributed by atoms with Crippen LogP contribution in [0.15, 0.2) is 12.2 Å². The molecule has 0 heterocycles. The largest absolute Gasteiger partial charge is 0.478 e. The molecule has 6 heteroatoms. The van der Waals surface area contributed by atoms with Crippen molar-refractivity contribution in [3.63, 3.8) is 0 Å². The van der Waals surface area contributed by atoms with Gasteiger partial charge in [0.1, 0.15) is 0 Å². The molecule has 0 aromatic heterocycles. The van der Waals surface area contributed by atoms with Gasteiger partial charge in [-0.15, -0.1) is 0 Å². The molecule has 0 radical (unpaired) electrons. The van der Waals surface area contributed by atoms with Crippen molar-refractivity contribution < 1.29 is 29.0 Å². The summed E-state index contributed by atoms with van der Waals surface area (Å²) in [6, 6.07) is 0. The maximum atomic E-state index is 11.8. The molecule has 6 nitrogen and oxygen atoms in total. The summed E-state index contributed by atoms with van der Waals surface area (Å²) in [6.45, 7) is 9.88. The molecule has 0 aromatic rings. The molecule has 19 heavy (non-hydrogen) atoms. The molecule has 0 saturated heterocycles. The fourth-order valence-corrected chi connectivity index (χ4v) is 1.29. The van der Waals surface area contributed by atoms with Crippen LogP contribution in [0.4, 0.5) is 0 Å². The molecule has 0 amide bonds. The van der Waals surface area contributed by atoms with E-state index in [1.54, 1.807) is 27.7 Å². The van der Waals surface area contributed by atoms with E-state index in [1.807, 2.05) is 0 Å². The molecule has 0 aliphatic rings. The van der Waals surface area contributed by atoms with Crippen LogP contribution < -0.4 is 0 Å². The lowest BCUT2D eigenvalue weighted by Crippen LogP contribution is -2.29. The number of hydrogen-bond acceptors (Lipinski definition) is 5. The van der Waals surface area contributed by atoms with Gasteiger partial charge in [0.05, 0.1) is 24.5 Å². The van der Waals surface area contributed by atoms with Gasteiger partial charge in [0.15, 0.2) is 0 Å². The van der Waals surface area contributed by atoms with E-state index in [2.05, 4.69) is 6.58 Å². The first-order chi connectivity index (χ1) is 8.65. The van der Waals surface area contributed by atoms with Crippen LogP contribution in [0.25, 0.3) is 0 Å². The van der Waals surface area contributed by atoms with E-state index in [1.165, 1.54) is 0 Å². The maximum Gasteiger partial charge on any atom is 0.331 e. The van der Waals surface area contributed by atoms with Crippen molar-refractivity contribution >= 4 is 17.9 Å². The van der Waals surface area contributed by atoms with Crippen LogP contribution in [0.2, 0.25) is 0 Å². The zero-order valence-electron chi connectivity index (χ0n) is 11.6. The quantitative estimate of drug-likeness (QED) is 0.558. The van der Waals surface area contributed by atoms with Crippen LogP contribution in [0.3, 0.4) is 0 Å². The maximum absolute atomic E-state index is 11.8. The van der Waals surface area contributed by atoms with Gasteiger partial charge in [0, 0.05) is 5.57 Å². The van der Waals surface area contributed by atoms with Gasteiger partial charge in [-0.1, -0.05) is 6.58 Å². The topological polar surface area (TPSA) is 89.9 Å². The van der Waals surface area contributed by atoms with Crippen LogP contribution in [-0.2, 0) is 23.9 Å². The number of ether oxygens (including phenoxy) is 2. The number of carbonyl (C=O) groups excluding carboxylic acids is 2. The Balaban J connectivity index is 4.87. The summed E-state index contributed by atoms with van der Waals surface area (Å²) in [4.78, 5) is 34.2. The summed E-state index contributed by atoms with van der Waals surface area (Å²) < 4.78 is 9.80. The first-order valence-electron chi connectivity index (χ1n) is 5.97. The molecule has 0 aliphatic heterocycles. The molecule has 0 bridgehead atoms. The van der Waals surface area contributed by atoms with Gasteiger partial charge >= 0.3 is 17.9 Å².